The van der Waals surface area contributed by atoms with Crippen LogP contribution in [0.15, 0.2) is 17.3 Å². The fourth-order valence-electron chi connectivity index (χ4n) is 2.35. The van der Waals surface area contributed by atoms with Gasteiger partial charge in [-0.25, -0.2) is 0 Å². The zero-order valence-electron chi connectivity index (χ0n) is 12.8. The van der Waals surface area contributed by atoms with Crippen molar-refractivity contribution in [3.05, 3.63) is 18.0 Å². The number of aryl methyl sites for hydroxylation is 1. The SMILES string of the molecule is CN=C(NCc1ccnn1C)N1CCSC(C(C)C)C1. The van der Waals surface area contributed by atoms with Gasteiger partial charge in [0.05, 0.1) is 12.2 Å². The Bertz CT molecular complexity index is 454. The number of aliphatic imine (C=N–C) groups is 1. The van der Waals surface area contributed by atoms with Crippen LogP contribution in [0.25, 0.3) is 0 Å². The van der Waals surface area contributed by atoms with E-state index in [0.29, 0.717) is 11.2 Å². The summed E-state index contributed by atoms with van der Waals surface area (Å²) in [4.78, 5) is 6.80. The monoisotopic (exact) mass is 295 g/mol. The van der Waals surface area contributed by atoms with Gasteiger partial charge in [0.2, 0.25) is 0 Å². The maximum absolute atomic E-state index is 4.43. The lowest BCUT2D eigenvalue weighted by molar-refractivity contribution is 0.380. The van der Waals surface area contributed by atoms with E-state index in [9.17, 15) is 0 Å². The van der Waals surface area contributed by atoms with E-state index in [-0.39, 0.29) is 0 Å². The average Bonchev–Trinajstić information content (AvgIpc) is 2.85. The Labute approximate surface area is 125 Å². The molecular weight excluding hydrogens is 270 g/mol. The summed E-state index contributed by atoms with van der Waals surface area (Å²) in [5, 5.41) is 8.33. The van der Waals surface area contributed by atoms with E-state index >= 15 is 0 Å². The third-order valence-electron chi connectivity index (χ3n) is 3.70. The maximum atomic E-state index is 4.43. The Balaban J connectivity index is 1.93. The Kier molecular flexibility index (Phi) is 5.34. The lowest BCUT2D eigenvalue weighted by Gasteiger charge is -2.36. The van der Waals surface area contributed by atoms with E-state index in [4.69, 9.17) is 0 Å². The Hall–Kier alpha value is -1.17. The lowest BCUT2D eigenvalue weighted by atomic mass is 10.1. The molecule has 1 atom stereocenters. The summed E-state index contributed by atoms with van der Waals surface area (Å²) in [6.07, 6.45) is 1.83. The number of hydrogen-bond donors (Lipinski definition) is 1. The van der Waals surface area contributed by atoms with E-state index in [1.165, 1.54) is 5.75 Å². The van der Waals surface area contributed by atoms with E-state index in [1.54, 1.807) is 0 Å². The van der Waals surface area contributed by atoms with Crippen molar-refractivity contribution >= 4 is 17.7 Å². The highest BCUT2D eigenvalue weighted by Crippen LogP contribution is 2.24. The minimum atomic E-state index is 0.694. The van der Waals surface area contributed by atoms with Gasteiger partial charge < -0.3 is 10.2 Å². The van der Waals surface area contributed by atoms with Crippen molar-refractivity contribution in [2.24, 2.45) is 18.0 Å². The van der Waals surface area contributed by atoms with Crippen molar-refractivity contribution in [1.82, 2.24) is 20.0 Å². The molecule has 1 aromatic rings. The first-order valence-electron chi connectivity index (χ1n) is 7.16. The Morgan fingerprint density at radius 3 is 3.00 bits per heavy atom. The summed E-state index contributed by atoms with van der Waals surface area (Å²) in [6, 6.07) is 2.03. The predicted molar refractivity (Wildman–Crippen MR) is 86.1 cm³/mol. The standard InChI is InChI=1S/C14H25N5S/c1-11(2)13-10-19(7-8-20-13)14(15-3)16-9-12-5-6-17-18(12)4/h5-6,11,13H,7-10H2,1-4H3,(H,15,16). The third kappa shape index (κ3) is 3.69. The summed E-state index contributed by atoms with van der Waals surface area (Å²) in [5.74, 6) is 2.88. The van der Waals surface area contributed by atoms with Gasteiger partial charge >= 0.3 is 0 Å². The van der Waals surface area contributed by atoms with E-state index in [2.05, 4.69) is 45.9 Å². The number of nitrogens with one attached hydrogen (secondary N) is 1. The highest BCUT2D eigenvalue weighted by atomic mass is 32.2. The molecule has 0 amide bonds. The van der Waals surface area contributed by atoms with Crippen LogP contribution < -0.4 is 5.32 Å². The van der Waals surface area contributed by atoms with Crippen molar-refractivity contribution < 1.29 is 0 Å². The molecule has 0 radical (unpaired) electrons. The molecule has 1 aliphatic rings. The topological polar surface area (TPSA) is 45.5 Å². The number of nitrogens with zero attached hydrogens (tertiary/aromatic N) is 4. The van der Waals surface area contributed by atoms with Crippen LogP contribution in [0.2, 0.25) is 0 Å². The molecule has 112 valence electrons. The van der Waals surface area contributed by atoms with Gasteiger partial charge in [-0.2, -0.15) is 16.9 Å². The minimum absolute atomic E-state index is 0.694. The Morgan fingerprint density at radius 1 is 1.60 bits per heavy atom. The second-order valence-electron chi connectivity index (χ2n) is 5.45. The highest BCUT2D eigenvalue weighted by Gasteiger charge is 2.24. The molecule has 20 heavy (non-hydrogen) atoms. The van der Waals surface area contributed by atoms with E-state index in [1.807, 2.05) is 31.0 Å². The zero-order valence-corrected chi connectivity index (χ0v) is 13.7. The van der Waals surface area contributed by atoms with Crippen LogP contribution in [-0.2, 0) is 13.6 Å². The number of aromatic nitrogens is 2. The number of guanidine groups is 1. The lowest BCUT2D eigenvalue weighted by Crippen LogP contribution is -2.48. The number of rotatable bonds is 3. The minimum Gasteiger partial charge on any atom is -0.351 e. The summed E-state index contributed by atoms with van der Waals surface area (Å²) >= 11 is 2.08. The molecule has 2 heterocycles. The molecule has 2 rings (SSSR count). The molecule has 1 saturated heterocycles. The second-order valence-corrected chi connectivity index (χ2v) is 6.79. The molecular formula is C14H25N5S. The molecule has 0 spiro atoms. The molecule has 1 unspecified atom stereocenters. The van der Waals surface area contributed by atoms with Crippen molar-refractivity contribution in [3.8, 4) is 0 Å². The summed E-state index contributed by atoms with van der Waals surface area (Å²) in [7, 11) is 3.82. The zero-order chi connectivity index (χ0) is 14.5. The van der Waals surface area contributed by atoms with Crippen molar-refractivity contribution in [2.75, 3.05) is 25.9 Å². The fourth-order valence-corrected chi connectivity index (χ4v) is 3.65. The molecule has 1 N–H and O–H groups in total. The molecule has 1 aliphatic heterocycles. The van der Waals surface area contributed by atoms with Gasteiger partial charge in [0.1, 0.15) is 0 Å². The van der Waals surface area contributed by atoms with Crippen LogP contribution in [-0.4, -0.2) is 51.8 Å². The van der Waals surface area contributed by atoms with Gasteiger partial charge in [0.15, 0.2) is 5.96 Å². The summed E-state index contributed by atoms with van der Waals surface area (Å²) < 4.78 is 1.89. The van der Waals surface area contributed by atoms with Crippen molar-refractivity contribution in [2.45, 2.75) is 25.6 Å². The van der Waals surface area contributed by atoms with Crippen LogP contribution in [0.4, 0.5) is 0 Å². The third-order valence-corrected chi connectivity index (χ3v) is 5.24. The number of hydrogen-bond acceptors (Lipinski definition) is 3. The van der Waals surface area contributed by atoms with Gasteiger partial charge in [0, 0.05) is 44.4 Å². The van der Waals surface area contributed by atoms with Crippen LogP contribution in [0, 0.1) is 5.92 Å². The fraction of sp³-hybridized carbons (Fsp3) is 0.714. The molecule has 6 heteroatoms. The van der Waals surface area contributed by atoms with Gasteiger partial charge in [-0.15, -0.1) is 0 Å². The smallest absolute Gasteiger partial charge is 0.194 e. The molecule has 1 fully saturated rings. The normalized spacial score (nSPS) is 20.6. The average molecular weight is 295 g/mol. The first kappa shape index (κ1) is 15.2. The van der Waals surface area contributed by atoms with Crippen molar-refractivity contribution in [3.63, 3.8) is 0 Å². The van der Waals surface area contributed by atoms with E-state index < -0.39 is 0 Å². The van der Waals surface area contributed by atoms with Crippen LogP contribution in [0.5, 0.6) is 0 Å². The quantitative estimate of drug-likeness (QED) is 0.679. The summed E-state index contributed by atoms with van der Waals surface area (Å²) in [5.41, 5.74) is 1.16. The summed E-state index contributed by atoms with van der Waals surface area (Å²) in [6.45, 7) is 7.51. The first-order valence-corrected chi connectivity index (χ1v) is 8.20. The van der Waals surface area contributed by atoms with Gasteiger partial charge in [-0.1, -0.05) is 13.8 Å². The van der Waals surface area contributed by atoms with Gasteiger partial charge in [0.25, 0.3) is 0 Å². The predicted octanol–water partition coefficient (Wildman–Crippen LogP) is 1.57. The van der Waals surface area contributed by atoms with Crippen LogP contribution in [0.1, 0.15) is 19.5 Å². The van der Waals surface area contributed by atoms with E-state index in [0.717, 1.165) is 31.3 Å². The Morgan fingerprint density at radius 2 is 2.40 bits per heavy atom. The second kappa shape index (κ2) is 7.02. The van der Waals surface area contributed by atoms with Gasteiger partial charge in [-0.3, -0.25) is 9.67 Å². The number of thioether (sulfide) groups is 1. The largest absolute Gasteiger partial charge is 0.351 e. The van der Waals surface area contributed by atoms with Crippen LogP contribution >= 0.6 is 11.8 Å². The molecule has 1 aromatic heterocycles. The highest BCUT2D eigenvalue weighted by molar-refractivity contribution is 8.00. The molecule has 0 bridgehead atoms. The molecule has 0 aromatic carbocycles. The molecule has 5 nitrogen and oxygen atoms in total. The maximum Gasteiger partial charge on any atom is 0.194 e. The van der Waals surface area contributed by atoms with Gasteiger partial charge in [-0.05, 0) is 12.0 Å². The first-order chi connectivity index (χ1) is 9.61. The molecule has 0 saturated carbocycles. The van der Waals surface area contributed by atoms with Crippen LogP contribution in [0.3, 0.4) is 0 Å². The molecule has 0 aliphatic carbocycles. The van der Waals surface area contributed by atoms with Crippen molar-refractivity contribution in [1.29, 1.82) is 0 Å².